The van der Waals surface area contributed by atoms with Crippen molar-refractivity contribution in [3.05, 3.63) is 23.9 Å². The topological polar surface area (TPSA) is 34.1 Å². The van der Waals surface area contributed by atoms with E-state index in [0.29, 0.717) is 23.8 Å². The van der Waals surface area contributed by atoms with Gasteiger partial charge in [-0.25, -0.2) is 4.98 Å². The number of methoxy groups -OCH3 is 1. The van der Waals surface area contributed by atoms with Gasteiger partial charge in [-0.1, -0.05) is 33.8 Å². The lowest BCUT2D eigenvalue weighted by Crippen LogP contribution is -2.32. The standard InChI is InChI=1S/C15H26N2O/c1-11(2)14(10-16-12(3)4)8-13-6-7-15(18-5)17-9-13/h6-7,9,11-12,14,16H,8,10H2,1-5H3. The van der Waals surface area contributed by atoms with Crippen molar-refractivity contribution in [3.63, 3.8) is 0 Å². The monoisotopic (exact) mass is 250 g/mol. The van der Waals surface area contributed by atoms with Gasteiger partial charge in [-0.2, -0.15) is 0 Å². The van der Waals surface area contributed by atoms with Crippen molar-refractivity contribution >= 4 is 0 Å². The minimum Gasteiger partial charge on any atom is -0.481 e. The van der Waals surface area contributed by atoms with Gasteiger partial charge < -0.3 is 10.1 Å². The van der Waals surface area contributed by atoms with Crippen molar-refractivity contribution in [1.29, 1.82) is 0 Å². The molecule has 0 saturated heterocycles. The van der Waals surface area contributed by atoms with Crippen molar-refractivity contribution < 1.29 is 4.74 Å². The summed E-state index contributed by atoms with van der Waals surface area (Å²) in [6.07, 6.45) is 2.98. The van der Waals surface area contributed by atoms with Crippen LogP contribution in [0.5, 0.6) is 5.88 Å². The van der Waals surface area contributed by atoms with E-state index < -0.39 is 0 Å². The maximum atomic E-state index is 5.08. The van der Waals surface area contributed by atoms with Crippen LogP contribution in [0.15, 0.2) is 18.3 Å². The molecule has 0 amide bonds. The highest BCUT2D eigenvalue weighted by Gasteiger charge is 2.14. The van der Waals surface area contributed by atoms with Crippen LogP contribution in [0.25, 0.3) is 0 Å². The first-order chi connectivity index (χ1) is 8.52. The third-order valence-electron chi connectivity index (χ3n) is 3.24. The fraction of sp³-hybridized carbons (Fsp3) is 0.667. The van der Waals surface area contributed by atoms with E-state index in [4.69, 9.17) is 4.74 Å². The lowest BCUT2D eigenvalue weighted by molar-refractivity contribution is 0.348. The zero-order valence-corrected chi connectivity index (χ0v) is 12.2. The second kappa shape index (κ2) is 7.37. The van der Waals surface area contributed by atoms with Crippen molar-refractivity contribution in [2.75, 3.05) is 13.7 Å². The Balaban J connectivity index is 2.58. The van der Waals surface area contributed by atoms with Gasteiger partial charge in [0.15, 0.2) is 0 Å². The van der Waals surface area contributed by atoms with Crippen molar-refractivity contribution in [3.8, 4) is 5.88 Å². The van der Waals surface area contributed by atoms with E-state index >= 15 is 0 Å². The highest BCUT2D eigenvalue weighted by atomic mass is 16.5. The van der Waals surface area contributed by atoms with Gasteiger partial charge in [-0.3, -0.25) is 0 Å². The van der Waals surface area contributed by atoms with E-state index in [0.717, 1.165) is 13.0 Å². The molecule has 0 radical (unpaired) electrons. The maximum Gasteiger partial charge on any atom is 0.212 e. The van der Waals surface area contributed by atoms with Gasteiger partial charge in [0.25, 0.3) is 0 Å². The van der Waals surface area contributed by atoms with E-state index in [1.807, 2.05) is 12.3 Å². The average Bonchev–Trinajstić information content (AvgIpc) is 2.34. The highest BCUT2D eigenvalue weighted by Crippen LogP contribution is 2.17. The van der Waals surface area contributed by atoms with Crippen molar-refractivity contribution in [1.82, 2.24) is 10.3 Å². The number of nitrogens with one attached hydrogen (secondary N) is 1. The first-order valence-electron chi connectivity index (χ1n) is 6.75. The fourth-order valence-electron chi connectivity index (χ4n) is 1.89. The summed E-state index contributed by atoms with van der Waals surface area (Å²) in [7, 11) is 1.64. The lowest BCUT2D eigenvalue weighted by Gasteiger charge is -2.22. The zero-order valence-electron chi connectivity index (χ0n) is 12.2. The maximum absolute atomic E-state index is 5.08. The largest absolute Gasteiger partial charge is 0.481 e. The van der Waals surface area contributed by atoms with Crippen LogP contribution >= 0.6 is 0 Å². The number of aromatic nitrogens is 1. The SMILES string of the molecule is COc1ccc(CC(CNC(C)C)C(C)C)cn1. The summed E-state index contributed by atoms with van der Waals surface area (Å²) in [5.74, 6) is 1.99. The van der Waals surface area contributed by atoms with Gasteiger partial charge in [0.05, 0.1) is 7.11 Å². The Hall–Kier alpha value is -1.09. The molecule has 0 bridgehead atoms. The van der Waals surface area contributed by atoms with Gasteiger partial charge in [0.1, 0.15) is 0 Å². The first kappa shape index (κ1) is 15.0. The Morgan fingerprint density at radius 2 is 1.94 bits per heavy atom. The third-order valence-corrected chi connectivity index (χ3v) is 3.24. The van der Waals surface area contributed by atoms with Crippen LogP contribution in [0, 0.1) is 11.8 Å². The summed E-state index contributed by atoms with van der Waals surface area (Å²) in [6, 6.07) is 4.58. The summed E-state index contributed by atoms with van der Waals surface area (Å²) in [5, 5.41) is 3.52. The summed E-state index contributed by atoms with van der Waals surface area (Å²) in [4.78, 5) is 4.26. The van der Waals surface area contributed by atoms with E-state index in [2.05, 4.69) is 44.1 Å². The minimum absolute atomic E-state index is 0.542. The summed E-state index contributed by atoms with van der Waals surface area (Å²) >= 11 is 0. The molecule has 1 aromatic heterocycles. The van der Waals surface area contributed by atoms with E-state index in [1.54, 1.807) is 7.11 Å². The number of hydrogen-bond acceptors (Lipinski definition) is 3. The molecule has 0 aliphatic heterocycles. The number of rotatable bonds is 7. The van der Waals surface area contributed by atoms with Gasteiger partial charge in [-0.15, -0.1) is 0 Å². The summed E-state index contributed by atoms with van der Waals surface area (Å²) in [5.41, 5.74) is 1.28. The van der Waals surface area contributed by atoms with Gasteiger partial charge in [-0.05, 0) is 30.4 Å². The molecule has 0 spiro atoms. The van der Waals surface area contributed by atoms with Crippen LogP contribution in [0.2, 0.25) is 0 Å². The fourth-order valence-corrected chi connectivity index (χ4v) is 1.89. The van der Waals surface area contributed by atoms with Crippen LogP contribution < -0.4 is 10.1 Å². The van der Waals surface area contributed by atoms with E-state index in [1.165, 1.54) is 5.56 Å². The Labute approximate surface area is 111 Å². The van der Waals surface area contributed by atoms with Crippen LogP contribution in [0.3, 0.4) is 0 Å². The molecule has 1 atom stereocenters. The van der Waals surface area contributed by atoms with E-state index in [9.17, 15) is 0 Å². The van der Waals surface area contributed by atoms with Crippen molar-refractivity contribution in [2.45, 2.75) is 40.2 Å². The Bertz CT molecular complexity index is 333. The molecule has 1 heterocycles. The Morgan fingerprint density at radius 1 is 1.22 bits per heavy atom. The Morgan fingerprint density at radius 3 is 2.39 bits per heavy atom. The molecule has 1 N–H and O–H groups in total. The second-order valence-electron chi connectivity index (χ2n) is 5.48. The van der Waals surface area contributed by atoms with Gasteiger partial charge in [0, 0.05) is 18.3 Å². The number of hydrogen-bond donors (Lipinski definition) is 1. The minimum atomic E-state index is 0.542. The zero-order chi connectivity index (χ0) is 13.5. The smallest absolute Gasteiger partial charge is 0.212 e. The number of ether oxygens (including phenoxy) is 1. The predicted molar refractivity (Wildman–Crippen MR) is 76.0 cm³/mol. The lowest BCUT2D eigenvalue weighted by atomic mass is 9.89. The molecular formula is C15H26N2O. The number of nitrogens with zero attached hydrogens (tertiary/aromatic N) is 1. The van der Waals surface area contributed by atoms with Crippen LogP contribution in [-0.2, 0) is 6.42 Å². The van der Waals surface area contributed by atoms with Crippen LogP contribution in [0.4, 0.5) is 0 Å². The third kappa shape index (κ3) is 5.05. The van der Waals surface area contributed by atoms with Crippen LogP contribution in [0.1, 0.15) is 33.3 Å². The molecule has 3 nitrogen and oxygen atoms in total. The average molecular weight is 250 g/mol. The second-order valence-corrected chi connectivity index (χ2v) is 5.48. The van der Waals surface area contributed by atoms with Gasteiger partial charge >= 0.3 is 0 Å². The molecule has 1 unspecified atom stereocenters. The molecule has 3 heteroatoms. The quantitative estimate of drug-likeness (QED) is 0.808. The molecule has 0 saturated carbocycles. The molecule has 0 aromatic carbocycles. The molecule has 1 rings (SSSR count). The molecule has 1 aromatic rings. The summed E-state index contributed by atoms with van der Waals surface area (Å²) < 4.78 is 5.08. The first-order valence-corrected chi connectivity index (χ1v) is 6.75. The summed E-state index contributed by atoms with van der Waals surface area (Å²) in [6.45, 7) is 9.99. The molecular weight excluding hydrogens is 224 g/mol. The predicted octanol–water partition coefficient (Wildman–Crippen LogP) is 2.90. The molecule has 18 heavy (non-hydrogen) atoms. The van der Waals surface area contributed by atoms with E-state index in [-0.39, 0.29) is 0 Å². The highest BCUT2D eigenvalue weighted by molar-refractivity contribution is 5.18. The normalized spacial score (nSPS) is 13.1. The molecule has 0 aliphatic carbocycles. The molecule has 0 fully saturated rings. The molecule has 0 aliphatic rings. The molecule has 102 valence electrons. The Kier molecular flexibility index (Phi) is 6.13. The van der Waals surface area contributed by atoms with Crippen LogP contribution in [-0.4, -0.2) is 24.7 Å². The van der Waals surface area contributed by atoms with Crippen molar-refractivity contribution in [2.24, 2.45) is 11.8 Å². The number of pyridine rings is 1. The van der Waals surface area contributed by atoms with Gasteiger partial charge in [0.2, 0.25) is 5.88 Å².